The van der Waals surface area contributed by atoms with Gasteiger partial charge in [-0.2, -0.15) is 0 Å². The molecule has 1 N–H and O–H groups in total. The van der Waals surface area contributed by atoms with E-state index < -0.39 is 29.6 Å². The second kappa shape index (κ2) is 8.98. The molecule has 8 rings (SSSR count). The van der Waals surface area contributed by atoms with Crippen LogP contribution in [0.3, 0.4) is 0 Å². The van der Waals surface area contributed by atoms with Gasteiger partial charge in [-0.1, -0.05) is 24.3 Å². The highest BCUT2D eigenvalue weighted by molar-refractivity contribution is 7.98. The number of methoxy groups -OCH3 is 1. The first-order valence-electron chi connectivity index (χ1n) is 13.7. The third kappa shape index (κ3) is 3.64. The van der Waals surface area contributed by atoms with Gasteiger partial charge in [-0.3, -0.25) is 19.7 Å². The number of pyridine rings is 1. The molecule has 42 heavy (non-hydrogen) atoms. The number of halogens is 1. The maximum atomic E-state index is 15.0. The van der Waals surface area contributed by atoms with Crippen molar-refractivity contribution < 1.29 is 32.9 Å². The van der Waals surface area contributed by atoms with E-state index in [9.17, 15) is 14.4 Å². The smallest absolute Gasteiger partial charge is 0.451 e. The van der Waals surface area contributed by atoms with Gasteiger partial charge < -0.3 is 23.8 Å². The molecule has 4 heterocycles. The van der Waals surface area contributed by atoms with Crippen LogP contribution in [0.5, 0.6) is 5.75 Å². The van der Waals surface area contributed by atoms with Crippen LogP contribution in [0.15, 0.2) is 58.4 Å². The molecule has 2 saturated carbocycles. The van der Waals surface area contributed by atoms with Crippen molar-refractivity contribution in [3.63, 3.8) is 0 Å². The molecule has 3 atom stereocenters. The number of benzene rings is 2. The number of nitrogens with zero attached hydrogens (tertiary/aromatic N) is 2. The van der Waals surface area contributed by atoms with E-state index in [1.165, 1.54) is 23.0 Å². The summed E-state index contributed by atoms with van der Waals surface area (Å²) in [6, 6.07) is 12.6. The average molecular weight is 592 g/mol. The molecule has 1 aromatic heterocycles. The van der Waals surface area contributed by atoms with Gasteiger partial charge in [-0.05, 0) is 47.2 Å². The lowest BCUT2D eigenvalue weighted by Crippen LogP contribution is -2.63. The Morgan fingerprint density at radius 2 is 2.00 bits per heavy atom. The van der Waals surface area contributed by atoms with E-state index in [1.54, 1.807) is 22.7 Å². The van der Waals surface area contributed by atoms with Crippen molar-refractivity contribution in [2.24, 2.45) is 0 Å². The number of rotatable bonds is 4. The second-order valence-corrected chi connectivity index (χ2v) is 12.3. The number of carbonyl (C=O) groups is 2. The van der Waals surface area contributed by atoms with Crippen molar-refractivity contribution in [2.75, 3.05) is 25.9 Å². The number of ether oxygens (including phenoxy) is 4. The van der Waals surface area contributed by atoms with E-state index in [0.29, 0.717) is 24.3 Å². The molecule has 2 aromatic carbocycles. The summed E-state index contributed by atoms with van der Waals surface area (Å²) in [5, 5.41) is 0. The van der Waals surface area contributed by atoms with Gasteiger partial charge in [0.05, 0.1) is 25.2 Å². The molecule has 0 radical (unpaired) electrons. The van der Waals surface area contributed by atoms with E-state index in [0.717, 1.165) is 41.5 Å². The van der Waals surface area contributed by atoms with Crippen LogP contribution < -0.4 is 15.6 Å². The number of thioether (sulfide) groups is 1. The number of amides is 1. The Hall–Kier alpha value is -4.03. The number of carbonyl (C=O) groups excluding carboxylic acids is 2. The van der Waals surface area contributed by atoms with E-state index in [1.807, 2.05) is 12.1 Å². The average Bonchev–Trinajstić information content (AvgIpc) is 3.90. The van der Waals surface area contributed by atoms with Crippen LogP contribution in [0.1, 0.15) is 51.5 Å². The molecule has 3 aliphatic heterocycles. The normalized spacial score (nSPS) is 25.5. The van der Waals surface area contributed by atoms with Crippen molar-refractivity contribution in [2.45, 2.75) is 53.2 Å². The number of nitrogens with one attached hydrogen (secondary N) is 1. The van der Waals surface area contributed by atoms with Crippen LogP contribution in [-0.2, 0) is 26.4 Å². The number of aromatic nitrogens is 1. The van der Waals surface area contributed by atoms with Gasteiger partial charge in [0, 0.05) is 29.3 Å². The third-order valence-electron chi connectivity index (χ3n) is 8.98. The van der Waals surface area contributed by atoms with Crippen LogP contribution in [0.4, 0.5) is 9.18 Å². The molecule has 0 bridgehead atoms. The molecular formula is C30H26FN3O7S. The third-order valence-corrected chi connectivity index (χ3v) is 10.1. The summed E-state index contributed by atoms with van der Waals surface area (Å²) in [7, 11) is 1.16. The largest absolute Gasteiger partial charge is 0.510 e. The molecule has 3 aromatic rings. The summed E-state index contributed by atoms with van der Waals surface area (Å²) in [5.41, 5.74) is 5.36. The van der Waals surface area contributed by atoms with Crippen molar-refractivity contribution in [1.82, 2.24) is 9.58 Å². The molecule has 2 spiro atoms. The van der Waals surface area contributed by atoms with Crippen LogP contribution >= 0.6 is 11.8 Å². The minimum Gasteiger partial charge on any atom is -0.451 e. The Bertz CT molecular complexity index is 1740. The fourth-order valence-corrected chi connectivity index (χ4v) is 7.85. The summed E-state index contributed by atoms with van der Waals surface area (Å²) < 4.78 is 38.0. The molecule has 1 amide bonds. The van der Waals surface area contributed by atoms with Crippen molar-refractivity contribution in [1.29, 1.82) is 0 Å². The first kappa shape index (κ1) is 25.7. The van der Waals surface area contributed by atoms with E-state index in [-0.39, 0.29) is 35.2 Å². The standard InChI is InChI=1S/C30H26FN3O7S/c1-38-28(37)40-15-39-25-21(35)8-11-34-24(25)27(36)33-14-29(9-10-29)41-26-23(30(26,33)32-34)17-5-3-7-22-19(17)12-18-16(13-42-22)4-2-6-20(18)31/h2-8,11,23,26,32H,9-10,12-15H2,1H3/t23?,26?,30-/m1/s1. The zero-order valence-electron chi connectivity index (χ0n) is 22.6. The zero-order valence-corrected chi connectivity index (χ0v) is 23.4. The van der Waals surface area contributed by atoms with Gasteiger partial charge in [0.15, 0.2) is 11.4 Å². The predicted molar refractivity (Wildman–Crippen MR) is 148 cm³/mol. The van der Waals surface area contributed by atoms with Gasteiger partial charge in [0.2, 0.25) is 18.0 Å². The maximum Gasteiger partial charge on any atom is 0.510 e. The Morgan fingerprint density at radius 3 is 2.81 bits per heavy atom. The Kier molecular flexibility index (Phi) is 5.49. The zero-order chi connectivity index (χ0) is 28.8. The van der Waals surface area contributed by atoms with Crippen molar-refractivity contribution in [3.05, 3.63) is 92.6 Å². The molecular weight excluding hydrogens is 565 g/mol. The maximum absolute atomic E-state index is 15.0. The lowest BCUT2D eigenvalue weighted by atomic mass is 9.93. The minimum absolute atomic E-state index is 0.0159. The Balaban J connectivity index is 1.21. The topological polar surface area (TPSA) is 108 Å². The quantitative estimate of drug-likeness (QED) is 0.359. The summed E-state index contributed by atoms with van der Waals surface area (Å²) >= 11 is 1.69. The first-order valence-corrected chi connectivity index (χ1v) is 14.7. The summed E-state index contributed by atoms with van der Waals surface area (Å²) in [4.78, 5) is 41.3. The molecule has 3 fully saturated rings. The van der Waals surface area contributed by atoms with Crippen LogP contribution in [0, 0.1) is 5.82 Å². The molecule has 216 valence electrons. The van der Waals surface area contributed by atoms with Crippen molar-refractivity contribution in [3.8, 4) is 5.75 Å². The first-order chi connectivity index (χ1) is 20.3. The highest BCUT2D eigenvalue weighted by atomic mass is 32.2. The summed E-state index contributed by atoms with van der Waals surface area (Å²) in [6.45, 7) is -0.240. The molecule has 2 unspecified atom stereocenters. The fraction of sp³-hybridized carbons (Fsp3) is 0.367. The van der Waals surface area contributed by atoms with Gasteiger partial charge >= 0.3 is 6.16 Å². The molecule has 2 aliphatic carbocycles. The monoisotopic (exact) mass is 591 g/mol. The van der Waals surface area contributed by atoms with Gasteiger partial charge in [-0.15, -0.1) is 11.8 Å². The number of hydrogen-bond donors (Lipinski definition) is 1. The molecule has 10 nitrogen and oxygen atoms in total. The lowest BCUT2D eigenvalue weighted by molar-refractivity contribution is -0.0697. The van der Waals surface area contributed by atoms with E-state index >= 15 is 4.39 Å². The van der Waals surface area contributed by atoms with Gasteiger partial charge in [0.1, 0.15) is 11.9 Å². The van der Waals surface area contributed by atoms with Gasteiger partial charge in [-0.25, -0.2) is 9.18 Å². The van der Waals surface area contributed by atoms with Crippen LogP contribution in [0.25, 0.3) is 0 Å². The number of morpholine rings is 1. The van der Waals surface area contributed by atoms with Crippen molar-refractivity contribution >= 4 is 23.8 Å². The van der Waals surface area contributed by atoms with E-state index in [4.69, 9.17) is 14.2 Å². The Labute approximate surface area is 243 Å². The Morgan fingerprint density at radius 1 is 1.17 bits per heavy atom. The molecule has 12 heteroatoms. The minimum atomic E-state index is -0.974. The molecule has 1 saturated heterocycles. The molecule has 5 aliphatic rings. The van der Waals surface area contributed by atoms with Crippen LogP contribution in [-0.4, -0.2) is 59.5 Å². The number of fused-ring (bicyclic) bond motifs is 3. The fourth-order valence-electron chi connectivity index (χ4n) is 6.73. The number of hydrogen-bond acceptors (Lipinski definition) is 9. The highest BCUT2D eigenvalue weighted by Crippen LogP contribution is 2.66. The highest BCUT2D eigenvalue weighted by Gasteiger charge is 2.79. The van der Waals surface area contributed by atoms with Gasteiger partial charge in [0.25, 0.3) is 5.91 Å². The SMILES string of the molecule is COC(=O)OCOc1c2n(ccc1=O)N[C@@]13C(OC4(CC4)CN1C2=O)C3c1cccc2c1Cc1c(F)cccc1CS2. The van der Waals surface area contributed by atoms with E-state index in [2.05, 4.69) is 22.3 Å². The second-order valence-electron chi connectivity index (χ2n) is 11.3. The lowest BCUT2D eigenvalue weighted by Gasteiger charge is -2.45. The summed E-state index contributed by atoms with van der Waals surface area (Å²) in [6.07, 6.45) is 2.28. The van der Waals surface area contributed by atoms with Crippen LogP contribution in [0.2, 0.25) is 0 Å². The predicted octanol–water partition coefficient (Wildman–Crippen LogP) is 3.73. The summed E-state index contributed by atoms with van der Waals surface area (Å²) in [5.74, 6) is -0.381.